The highest BCUT2D eigenvalue weighted by Gasteiger charge is 2.03. The van der Waals surface area contributed by atoms with E-state index in [1.54, 1.807) is 25.3 Å². The third-order valence-corrected chi connectivity index (χ3v) is 2.86. The number of rotatable bonds is 7. The van der Waals surface area contributed by atoms with Gasteiger partial charge in [-0.15, -0.1) is 0 Å². The minimum absolute atomic E-state index is 0.235. The lowest BCUT2D eigenvalue weighted by atomic mass is 10.2. The molecule has 0 aliphatic heterocycles. The van der Waals surface area contributed by atoms with Crippen molar-refractivity contribution in [1.29, 1.82) is 0 Å². The third-order valence-electron chi connectivity index (χ3n) is 2.86. The fourth-order valence-corrected chi connectivity index (χ4v) is 1.71. The molecule has 1 aromatic rings. The van der Waals surface area contributed by atoms with Crippen LogP contribution in [0.3, 0.4) is 0 Å². The lowest BCUT2D eigenvalue weighted by Crippen LogP contribution is -2.37. The normalized spacial score (nSPS) is 11.2. The Balaban J connectivity index is 2.70. The molecule has 5 nitrogen and oxygen atoms in total. The quantitative estimate of drug-likeness (QED) is 0.407. The largest absolute Gasteiger partial charge is 0.508 e. The number of aliphatic imine (C=N–C) groups is 1. The van der Waals surface area contributed by atoms with Gasteiger partial charge in [-0.25, -0.2) is 4.99 Å². The fraction of sp³-hybridized carbons (Fsp3) is 0.533. The average Bonchev–Trinajstić information content (AvgIpc) is 2.46. The van der Waals surface area contributed by atoms with Gasteiger partial charge < -0.3 is 20.5 Å². The first kappa shape index (κ1) is 16.1. The Kier molecular flexibility index (Phi) is 7.32. The average molecular weight is 279 g/mol. The van der Waals surface area contributed by atoms with Gasteiger partial charge in [-0.1, -0.05) is 13.3 Å². The van der Waals surface area contributed by atoms with E-state index in [-0.39, 0.29) is 5.75 Å². The van der Waals surface area contributed by atoms with E-state index in [1.165, 1.54) is 0 Å². The summed E-state index contributed by atoms with van der Waals surface area (Å²) >= 11 is 0. The van der Waals surface area contributed by atoms with Crippen LogP contribution in [0, 0.1) is 0 Å². The van der Waals surface area contributed by atoms with Gasteiger partial charge >= 0.3 is 0 Å². The molecule has 0 amide bonds. The first-order valence-electron chi connectivity index (χ1n) is 7.09. The molecule has 0 spiro atoms. The second-order valence-electron chi connectivity index (χ2n) is 4.47. The van der Waals surface area contributed by atoms with Crippen LogP contribution >= 0.6 is 0 Å². The van der Waals surface area contributed by atoms with Crippen LogP contribution in [0.15, 0.2) is 23.2 Å². The summed E-state index contributed by atoms with van der Waals surface area (Å²) in [5, 5.41) is 16.3. The summed E-state index contributed by atoms with van der Waals surface area (Å²) in [6.45, 7) is 6.29. The number of guanidine groups is 1. The zero-order valence-corrected chi connectivity index (χ0v) is 12.6. The predicted molar refractivity (Wildman–Crippen MR) is 82.4 cm³/mol. The van der Waals surface area contributed by atoms with Crippen molar-refractivity contribution in [3.05, 3.63) is 23.8 Å². The predicted octanol–water partition coefficient (Wildman–Crippen LogP) is 2.26. The van der Waals surface area contributed by atoms with E-state index >= 15 is 0 Å². The second-order valence-corrected chi connectivity index (χ2v) is 4.47. The fourth-order valence-electron chi connectivity index (χ4n) is 1.71. The summed E-state index contributed by atoms with van der Waals surface area (Å²) in [5.74, 6) is 1.72. The summed E-state index contributed by atoms with van der Waals surface area (Å²) in [6, 6.07) is 5.16. The first-order chi connectivity index (χ1) is 9.71. The van der Waals surface area contributed by atoms with E-state index in [1.807, 2.05) is 6.92 Å². The maximum atomic E-state index is 9.82. The number of nitrogens with zero attached hydrogens (tertiary/aromatic N) is 1. The summed E-state index contributed by atoms with van der Waals surface area (Å²) in [6.07, 6.45) is 2.25. The van der Waals surface area contributed by atoms with E-state index in [0.29, 0.717) is 6.54 Å². The molecule has 20 heavy (non-hydrogen) atoms. The van der Waals surface area contributed by atoms with Crippen LogP contribution in [0.25, 0.3) is 0 Å². The molecule has 1 aromatic carbocycles. The van der Waals surface area contributed by atoms with Gasteiger partial charge in [0.1, 0.15) is 11.5 Å². The zero-order chi connectivity index (χ0) is 14.8. The molecule has 112 valence electrons. The molecule has 5 heteroatoms. The van der Waals surface area contributed by atoms with Crippen molar-refractivity contribution in [3.8, 4) is 11.5 Å². The van der Waals surface area contributed by atoms with Crippen molar-refractivity contribution in [1.82, 2.24) is 10.6 Å². The van der Waals surface area contributed by atoms with Gasteiger partial charge in [0, 0.05) is 18.7 Å². The Morgan fingerprint density at radius 2 is 2.10 bits per heavy atom. The van der Waals surface area contributed by atoms with Crippen molar-refractivity contribution < 1.29 is 9.84 Å². The highest BCUT2D eigenvalue weighted by atomic mass is 16.5. The lowest BCUT2D eigenvalue weighted by Gasteiger charge is -2.11. The summed E-state index contributed by atoms with van der Waals surface area (Å²) in [5.41, 5.74) is 0.747. The Bertz CT molecular complexity index is 433. The lowest BCUT2D eigenvalue weighted by molar-refractivity contribution is 0.411. The molecular weight excluding hydrogens is 254 g/mol. The number of hydrogen-bond donors (Lipinski definition) is 3. The van der Waals surface area contributed by atoms with E-state index in [9.17, 15) is 5.11 Å². The minimum Gasteiger partial charge on any atom is -0.508 e. The maximum absolute atomic E-state index is 9.82. The van der Waals surface area contributed by atoms with E-state index in [2.05, 4.69) is 22.5 Å². The second kappa shape index (κ2) is 9.07. The van der Waals surface area contributed by atoms with Crippen molar-refractivity contribution >= 4 is 5.96 Å². The number of methoxy groups -OCH3 is 1. The van der Waals surface area contributed by atoms with Crippen LogP contribution in [-0.2, 0) is 6.54 Å². The van der Waals surface area contributed by atoms with Gasteiger partial charge in [0.25, 0.3) is 0 Å². The Labute approximate surface area is 121 Å². The molecule has 0 saturated carbocycles. The molecule has 0 unspecified atom stereocenters. The number of ether oxygens (including phenoxy) is 1. The molecule has 0 radical (unpaired) electrons. The van der Waals surface area contributed by atoms with Gasteiger partial charge in [0.15, 0.2) is 5.96 Å². The number of benzene rings is 1. The molecule has 0 bridgehead atoms. The molecule has 0 atom stereocenters. The molecule has 0 aromatic heterocycles. The van der Waals surface area contributed by atoms with Crippen LogP contribution in [0.1, 0.15) is 32.3 Å². The van der Waals surface area contributed by atoms with E-state index < -0.39 is 0 Å². The third kappa shape index (κ3) is 5.38. The SMILES string of the molecule is CCCCNC(=NCc1cc(OC)ccc1O)NCC. The highest BCUT2D eigenvalue weighted by Crippen LogP contribution is 2.23. The molecule has 3 N–H and O–H groups in total. The number of hydrogen-bond acceptors (Lipinski definition) is 3. The van der Waals surface area contributed by atoms with Crippen LogP contribution in [0.5, 0.6) is 11.5 Å². The Morgan fingerprint density at radius 1 is 1.30 bits per heavy atom. The number of phenolic OH excluding ortho intramolecular Hbond substituents is 1. The summed E-state index contributed by atoms with van der Waals surface area (Å²) in [7, 11) is 1.61. The van der Waals surface area contributed by atoms with Crippen molar-refractivity contribution in [3.63, 3.8) is 0 Å². The van der Waals surface area contributed by atoms with Crippen LogP contribution in [0.4, 0.5) is 0 Å². The van der Waals surface area contributed by atoms with Gasteiger partial charge in [-0.3, -0.25) is 0 Å². The van der Waals surface area contributed by atoms with Crippen molar-refractivity contribution in [2.45, 2.75) is 33.2 Å². The zero-order valence-electron chi connectivity index (χ0n) is 12.6. The highest BCUT2D eigenvalue weighted by molar-refractivity contribution is 5.79. The topological polar surface area (TPSA) is 65.9 Å². The number of nitrogens with one attached hydrogen (secondary N) is 2. The molecule has 0 heterocycles. The van der Waals surface area contributed by atoms with E-state index in [4.69, 9.17) is 4.74 Å². The molecule has 0 fully saturated rings. The van der Waals surface area contributed by atoms with Crippen molar-refractivity contribution in [2.24, 2.45) is 4.99 Å². The van der Waals surface area contributed by atoms with Gasteiger partial charge in [0.05, 0.1) is 13.7 Å². The Morgan fingerprint density at radius 3 is 2.75 bits per heavy atom. The standard InChI is InChI=1S/C15H25N3O2/c1-4-6-9-17-15(16-5-2)18-11-12-10-13(20-3)7-8-14(12)19/h7-8,10,19H,4-6,9,11H2,1-3H3,(H2,16,17,18). The van der Waals surface area contributed by atoms with Crippen LogP contribution in [0.2, 0.25) is 0 Å². The Hall–Kier alpha value is -1.91. The summed E-state index contributed by atoms with van der Waals surface area (Å²) < 4.78 is 5.15. The number of unbranched alkanes of at least 4 members (excludes halogenated alkanes) is 1. The molecule has 1 rings (SSSR count). The maximum Gasteiger partial charge on any atom is 0.191 e. The number of aromatic hydroxyl groups is 1. The number of phenols is 1. The summed E-state index contributed by atoms with van der Waals surface area (Å²) in [4.78, 5) is 4.47. The minimum atomic E-state index is 0.235. The molecule has 0 saturated heterocycles. The van der Waals surface area contributed by atoms with Gasteiger partial charge in [-0.2, -0.15) is 0 Å². The van der Waals surface area contributed by atoms with Gasteiger partial charge in [-0.05, 0) is 31.5 Å². The monoisotopic (exact) mass is 279 g/mol. The van der Waals surface area contributed by atoms with Crippen LogP contribution < -0.4 is 15.4 Å². The van der Waals surface area contributed by atoms with E-state index in [0.717, 1.165) is 43.2 Å². The molecule has 0 aliphatic carbocycles. The van der Waals surface area contributed by atoms with Crippen molar-refractivity contribution in [2.75, 3.05) is 20.2 Å². The molecule has 0 aliphatic rings. The van der Waals surface area contributed by atoms with Crippen LogP contribution in [-0.4, -0.2) is 31.3 Å². The van der Waals surface area contributed by atoms with Gasteiger partial charge in [0.2, 0.25) is 0 Å². The molecular formula is C15H25N3O2. The first-order valence-corrected chi connectivity index (χ1v) is 7.09. The smallest absolute Gasteiger partial charge is 0.191 e.